The zero-order valence-corrected chi connectivity index (χ0v) is 20.9. The van der Waals surface area contributed by atoms with E-state index in [1.165, 1.54) is 10.5 Å². The monoisotopic (exact) mass is 488 g/mol. The lowest BCUT2D eigenvalue weighted by molar-refractivity contribution is -0.119. The summed E-state index contributed by atoms with van der Waals surface area (Å²) in [7, 11) is 0. The molecule has 1 atom stereocenters. The van der Waals surface area contributed by atoms with Crippen LogP contribution in [0.15, 0.2) is 47.4 Å². The molecule has 7 heteroatoms. The molecule has 0 bridgehead atoms. The number of ether oxygens (including phenoxy) is 1. The number of halogens is 1. The van der Waals surface area contributed by atoms with Crippen LogP contribution in [0.4, 0.5) is 5.13 Å². The zero-order chi connectivity index (χ0) is 22.5. The molecule has 1 fully saturated rings. The quantitative estimate of drug-likeness (QED) is 0.237. The van der Waals surface area contributed by atoms with E-state index in [4.69, 9.17) is 21.3 Å². The fourth-order valence-corrected chi connectivity index (χ4v) is 5.90. The van der Waals surface area contributed by atoms with Crippen LogP contribution in [-0.4, -0.2) is 35.9 Å². The number of thioether (sulfide) groups is 1. The molecule has 1 aliphatic heterocycles. The van der Waals surface area contributed by atoms with Gasteiger partial charge in [0.05, 0.1) is 22.9 Å². The molecule has 1 unspecified atom stereocenters. The Labute approximate surface area is 203 Å². The summed E-state index contributed by atoms with van der Waals surface area (Å²) in [6, 6.07) is 14.2. The summed E-state index contributed by atoms with van der Waals surface area (Å²) in [6.45, 7) is 5.73. The van der Waals surface area contributed by atoms with Crippen molar-refractivity contribution < 1.29 is 9.53 Å². The molecule has 0 N–H and O–H groups in total. The van der Waals surface area contributed by atoms with Crippen LogP contribution in [0.1, 0.15) is 51.0 Å². The normalized spacial score (nSPS) is 16.2. The molecular formula is C25H29ClN2O2S2. The first-order valence-corrected chi connectivity index (χ1v) is 13.4. The summed E-state index contributed by atoms with van der Waals surface area (Å²) < 4.78 is 6.99. The maximum absolute atomic E-state index is 13.3. The molecule has 0 radical (unpaired) electrons. The smallest absolute Gasteiger partial charge is 0.228 e. The van der Waals surface area contributed by atoms with Crippen molar-refractivity contribution in [2.24, 2.45) is 0 Å². The highest BCUT2D eigenvalue weighted by Gasteiger charge is 2.26. The summed E-state index contributed by atoms with van der Waals surface area (Å²) in [5.74, 6) is 1.40. The molecule has 0 spiro atoms. The molecule has 1 saturated heterocycles. The first kappa shape index (κ1) is 23.6. The van der Waals surface area contributed by atoms with E-state index >= 15 is 0 Å². The number of carbonyl (C=O) groups excluding carboxylic acids is 1. The first-order chi connectivity index (χ1) is 15.5. The molecule has 2 heterocycles. The summed E-state index contributed by atoms with van der Waals surface area (Å²) >= 11 is 9.32. The minimum absolute atomic E-state index is 0.0963. The van der Waals surface area contributed by atoms with Crippen LogP contribution in [0.3, 0.4) is 0 Å². The van der Waals surface area contributed by atoms with Crippen LogP contribution in [0, 0.1) is 0 Å². The van der Waals surface area contributed by atoms with Crippen molar-refractivity contribution in [3.63, 3.8) is 0 Å². The molecule has 4 nitrogen and oxygen atoms in total. The van der Waals surface area contributed by atoms with Crippen LogP contribution in [0.25, 0.3) is 10.2 Å². The molecule has 32 heavy (non-hydrogen) atoms. The van der Waals surface area contributed by atoms with Gasteiger partial charge in [-0.3, -0.25) is 9.69 Å². The number of hydrogen-bond acceptors (Lipinski definition) is 5. The number of para-hydroxylation sites is 1. The Balaban J connectivity index is 1.46. The van der Waals surface area contributed by atoms with Crippen LogP contribution in [0.2, 0.25) is 5.02 Å². The molecule has 170 valence electrons. The number of hydrogen-bond donors (Lipinski definition) is 0. The Morgan fingerprint density at radius 1 is 1.28 bits per heavy atom. The van der Waals surface area contributed by atoms with Crippen molar-refractivity contribution in [1.29, 1.82) is 0 Å². The van der Waals surface area contributed by atoms with Crippen molar-refractivity contribution in [3.05, 3.63) is 53.1 Å². The van der Waals surface area contributed by atoms with Gasteiger partial charge >= 0.3 is 0 Å². The van der Waals surface area contributed by atoms with E-state index in [2.05, 4.69) is 32.0 Å². The third-order valence-corrected chi connectivity index (χ3v) is 8.01. The second kappa shape index (κ2) is 11.0. The van der Waals surface area contributed by atoms with Crippen molar-refractivity contribution >= 4 is 56.0 Å². The van der Waals surface area contributed by atoms with Crippen LogP contribution >= 0.6 is 34.7 Å². The van der Waals surface area contributed by atoms with E-state index in [9.17, 15) is 4.79 Å². The number of rotatable bonds is 9. The lowest BCUT2D eigenvalue weighted by Gasteiger charge is -2.23. The van der Waals surface area contributed by atoms with Gasteiger partial charge in [-0.2, -0.15) is 0 Å². The molecule has 3 aromatic rings. The van der Waals surface area contributed by atoms with Crippen LogP contribution < -0.4 is 4.90 Å². The van der Waals surface area contributed by atoms with Gasteiger partial charge in [0.1, 0.15) is 0 Å². The minimum atomic E-state index is 0.0963. The van der Waals surface area contributed by atoms with Gasteiger partial charge in [-0.25, -0.2) is 4.98 Å². The summed E-state index contributed by atoms with van der Waals surface area (Å²) in [6.07, 6.45) is 3.47. The molecule has 2 aromatic carbocycles. The summed E-state index contributed by atoms with van der Waals surface area (Å²) in [4.78, 5) is 21.3. The number of thiazole rings is 1. The Morgan fingerprint density at radius 2 is 2.09 bits per heavy atom. The van der Waals surface area contributed by atoms with Gasteiger partial charge < -0.3 is 4.74 Å². The Morgan fingerprint density at radius 3 is 2.81 bits per heavy atom. The van der Waals surface area contributed by atoms with Gasteiger partial charge in [-0.1, -0.05) is 48.9 Å². The average Bonchev–Trinajstić information content (AvgIpc) is 3.45. The predicted molar refractivity (Wildman–Crippen MR) is 136 cm³/mol. The molecule has 1 aliphatic rings. The zero-order valence-electron chi connectivity index (χ0n) is 18.6. The predicted octanol–water partition coefficient (Wildman–Crippen LogP) is 7.16. The van der Waals surface area contributed by atoms with Crippen molar-refractivity contribution in [1.82, 2.24) is 4.98 Å². The topological polar surface area (TPSA) is 42.4 Å². The second-order valence-electron chi connectivity index (χ2n) is 8.39. The summed E-state index contributed by atoms with van der Waals surface area (Å²) in [5, 5.41) is 1.53. The highest BCUT2D eigenvalue weighted by molar-refractivity contribution is 7.99. The first-order valence-electron chi connectivity index (χ1n) is 11.2. The van der Waals surface area contributed by atoms with Crippen molar-refractivity contribution in [2.45, 2.75) is 56.4 Å². The molecule has 0 saturated carbocycles. The number of benzene rings is 2. The largest absolute Gasteiger partial charge is 0.376 e. The van der Waals surface area contributed by atoms with E-state index in [0.29, 0.717) is 18.9 Å². The third kappa shape index (κ3) is 5.84. The number of nitrogens with zero attached hydrogens (tertiary/aromatic N) is 2. The molecule has 1 amide bonds. The number of carbonyl (C=O) groups is 1. The second-order valence-corrected chi connectivity index (χ2v) is 11.0. The van der Waals surface area contributed by atoms with Crippen molar-refractivity contribution in [2.75, 3.05) is 23.8 Å². The summed E-state index contributed by atoms with van der Waals surface area (Å²) in [5.41, 5.74) is 2.25. The van der Waals surface area contributed by atoms with E-state index in [0.717, 1.165) is 52.0 Å². The molecule has 4 rings (SSSR count). The van der Waals surface area contributed by atoms with E-state index in [1.54, 1.807) is 23.1 Å². The van der Waals surface area contributed by atoms with E-state index in [-0.39, 0.29) is 12.0 Å². The van der Waals surface area contributed by atoms with E-state index < -0.39 is 0 Å². The maximum atomic E-state index is 13.3. The molecular weight excluding hydrogens is 460 g/mol. The number of amides is 1. The lowest BCUT2D eigenvalue weighted by atomic mass is 10.0. The van der Waals surface area contributed by atoms with Crippen LogP contribution in [0.5, 0.6) is 0 Å². The standard InChI is InChI=1S/C25H29ClN2O2S2/c1-17(2)21-7-3-8-22-24(21)27-25(32-22)28(16-19-6-4-14-30-19)23(29)9-5-15-31-20-12-10-18(26)11-13-20/h3,7-8,10-13,17,19H,4-6,9,14-16H2,1-2H3. The van der Waals surface area contributed by atoms with Gasteiger partial charge in [0.25, 0.3) is 0 Å². The lowest BCUT2D eigenvalue weighted by Crippen LogP contribution is -2.37. The Kier molecular flexibility index (Phi) is 8.11. The van der Waals surface area contributed by atoms with Crippen LogP contribution in [-0.2, 0) is 9.53 Å². The fraction of sp³-hybridized carbons (Fsp3) is 0.440. The maximum Gasteiger partial charge on any atom is 0.228 e. The van der Waals surface area contributed by atoms with Gasteiger partial charge in [-0.15, -0.1) is 11.8 Å². The number of anilines is 1. The Bertz CT molecular complexity index is 1050. The van der Waals surface area contributed by atoms with Gasteiger partial charge in [0.15, 0.2) is 5.13 Å². The van der Waals surface area contributed by atoms with Gasteiger partial charge in [0, 0.05) is 22.9 Å². The minimum Gasteiger partial charge on any atom is -0.376 e. The average molecular weight is 489 g/mol. The Hall–Kier alpha value is -1.60. The molecule has 0 aliphatic carbocycles. The van der Waals surface area contributed by atoms with Gasteiger partial charge in [-0.05, 0) is 66.8 Å². The highest BCUT2D eigenvalue weighted by atomic mass is 35.5. The van der Waals surface area contributed by atoms with E-state index in [1.807, 2.05) is 29.2 Å². The number of fused-ring (bicyclic) bond motifs is 1. The molecule has 1 aromatic heterocycles. The highest BCUT2D eigenvalue weighted by Crippen LogP contribution is 2.34. The fourth-order valence-electron chi connectivity index (χ4n) is 3.90. The SMILES string of the molecule is CC(C)c1cccc2sc(N(CC3CCCO3)C(=O)CCCSc3ccc(Cl)cc3)nc12. The van der Waals surface area contributed by atoms with Crippen molar-refractivity contribution in [3.8, 4) is 0 Å². The number of aromatic nitrogens is 1. The van der Waals surface area contributed by atoms with Gasteiger partial charge in [0.2, 0.25) is 5.91 Å². The third-order valence-electron chi connectivity index (χ3n) is 5.62.